The minimum Gasteiger partial charge on any atom is -0.356 e. The van der Waals surface area contributed by atoms with E-state index in [0.29, 0.717) is 5.41 Å². The van der Waals surface area contributed by atoms with Crippen LogP contribution in [-0.2, 0) is 6.42 Å². The van der Waals surface area contributed by atoms with Gasteiger partial charge in [-0.15, -0.1) is 24.0 Å². The van der Waals surface area contributed by atoms with Gasteiger partial charge in [-0.25, -0.2) is 4.39 Å². The third-order valence-corrected chi connectivity index (χ3v) is 5.18. The van der Waals surface area contributed by atoms with E-state index in [2.05, 4.69) is 15.2 Å². The van der Waals surface area contributed by atoms with Gasteiger partial charge < -0.3 is 10.2 Å². The first kappa shape index (κ1) is 18.5. The van der Waals surface area contributed by atoms with Crippen LogP contribution >= 0.6 is 24.0 Å². The largest absolute Gasteiger partial charge is 0.356 e. The first-order valence-electron chi connectivity index (χ1n) is 8.41. The number of nitrogens with zero attached hydrogens (tertiary/aromatic N) is 2. The van der Waals surface area contributed by atoms with Crippen LogP contribution in [0.25, 0.3) is 0 Å². The van der Waals surface area contributed by atoms with E-state index in [4.69, 9.17) is 0 Å². The quantitative estimate of drug-likeness (QED) is 0.340. The summed E-state index contributed by atoms with van der Waals surface area (Å²) in [6.07, 6.45) is 7.37. The number of hydrogen-bond donors (Lipinski definition) is 1. The van der Waals surface area contributed by atoms with E-state index in [1.165, 1.54) is 31.7 Å². The molecule has 0 amide bonds. The molecule has 1 N–H and O–H groups in total. The van der Waals surface area contributed by atoms with Gasteiger partial charge in [0.2, 0.25) is 0 Å². The maximum absolute atomic E-state index is 13.1. The van der Waals surface area contributed by atoms with Crippen LogP contribution in [-0.4, -0.2) is 37.5 Å². The maximum atomic E-state index is 13.1. The molecule has 1 aliphatic heterocycles. The number of guanidine groups is 1. The molecule has 0 atom stereocenters. The summed E-state index contributed by atoms with van der Waals surface area (Å²) in [6.45, 7) is 3.17. The molecule has 1 saturated carbocycles. The smallest absolute Gasteiger partial charge is 0.193 e. The Hall–Kier alpha value is -0.850. The van der Waals surface area contributed by atoms with Crippen LogP contribution in [0.1, 0.15) is 37.7 Å². The molecule has 3 rings (SSSR count). The second kappa shape index (κ2) is 8.31. The second-order valence-corrected chi connectivity index (χ2v) is 6.73. The molecule has 1 aromatic rings. The van der Waals surface area contributed by atoms with Crippen molar-refractivity contribution in [3.8, 4) is 0 Å². The normalized spacial score (nSPS) is 19.4. The standard InChI is InChI=1S/C18H26FN3.HI/c1-20-17(22-12-10-18(14-22)8-4-9-18)21-11-3-6-15-5-2-7-16(19)13-15;/h2,5,7,13H,3-4,6,8-12,14H2,1H3,(H,20,21);1H. The lowest BCUT2D eigenvalue weighted by Gasteiger charge is -2.38. The summed E-state index contributed by atoms with van der Waals surface area (Å²) in [4.78, 5) is 6.83. The van der Waals surface area contributed by atoms with Crippen LogP contribution < -0.4 is 5.32 Å². The summed E-state index contributed by atoms with van der Waals surface area (Å²) in [5, 5.41) is 3.46. The molecule has 5 heteroatoms. The fraction of sp³-hybridized carbons (Fsp3) is 0.611. The number of halogens is 2. The van der Waals surface area contributed by atoms with E-state index >= 15 is 0 Å². The molecule has 2 aliphatic rings. The predicted octanol–water partition coefficient (Wildman–Crippen LogP) is 3.83. The molecule has 0 unspecified atom stereocenters. The Kier molecular flexibility index (Phi) is 6.68. The molecule has 23 heavy (non-hydrogen) atoms. The Morgan fingerprint density at radius 1 is 1.35 bits per heavy atom. The summed E-state index contributed by atoms with van der Waals surface area (Å²) in [5.74, 6) is 0.882. The van der Waals surface area contributed by atoms with Crippen molar-refractivity contribution in [1.82, 2.24) is 10.2 Å². The lowest BCUT2D eigenvalue weighted by atomic mass is 9.68. The van der Waals surface area contributed by atoms with E-state index in [0.717, 1.165) is 44.0 Å². The monoisotopic (exact) mass is 431 g/mol. The van der Waals surface area contributed by atoms with Gasteiger partial charge in [0, 0.05) is 26.7 Å². The summed E-state index contributed by atoms with van der Waals surface area (Å²) >= 11 is 0. The third-order valence-electron chi connectivity index (χ3n) is 5.18. The van der Waals surface area contributed by atoms with Gasteiger partial charge in [0.25, 0.3) is 0 Å². The van der Waals surface area contributed by atoms with Crippen molar-refractivity contribution in [2.75, 3.05) is 26.7 Å². The van der Waals surface area contributed by atoms with Gasteiger partial charge >= 0.3 is 0 Å². The molecule has 1 saturated heterocycles. The second-order valence-electron chi connectivity index (χ2n) is 6.73. The van der Waals surface area contributed by atoms with E-state index in [1.54, 1.807) is 12.1 Å². The zero-order valence-electron chi connectivity index (χ0n) is 13.9. The average molecular weight is 431 g/mol. The molecule has 128 valence electrons. The summed E-state index contributed by atoms with van der Waals surface area (Å²) in [6, 6.07) is 6.88. The molecular weight excluding hydrogens is 404 g/mol. The van der Waals surface area contributed by atoms with Crippen LogP contribution in [0, 0.1) is 11.2 Å². The minimum atomic E-state index is -0.149. The number of nitrogens with one attached hydrogen (secondary N) is 1. The summed E-state index contributed by atoms with van der Waals surface area (Å²) in [7, 11) is 1.86. The van der Waals surface area contributed by atoms with Gasteiger partial charge in [-0.3, -0.25) is 4.99 Å². The molecule has 1 aromatic carbocycles. The van der Waals surface area contributed by atoms with Crippen LogP contribution in [0.5, 0.6) is 0 Å². The molecule has 0 bridgehead atoms. The van der Waals surface area contributed by atoms with Crippen LogP contribution in [0.2, 0.25) is 0 Å². The molecule has 0 aromatic heterocycles. The molecule has 1 heterocycles. The SMILES string of the molecule is CN=C(NCCCc1cccc(F)c1)N1CCC2(CCC2)C1.I. The van der Waals surface area contributed by atoms with Crippen molar-refractivity contribution in [3.05, 3.63) is 35.6 Å². The molecular formula is C18H27FIN3. The van der Waals surface area contributed by atoms with Crippen LogP contribution in [0.15, 0.2) is 29.3 Å². The number of aryl methyl sites for hydroxylation is 1. The fourth-order valence-corrected chi connectivity index (χ4v) is 3.72. The third kappa shape index (κ3) is 4.58. The highest BCUT2D eigenvalue weighted by Crippen LogP contribution is 2.47. The lowest BCUT2D eigenvalue weighted by molar-refractivity contribution is 0.151. The summed E-state index contributed by atoms with van der Waals surface area (Å²) in [5.41, 5.74) is 1.66. The Balaban J connectivity index is 0.00000192. The van der Waals surface area contributed by atoms with Crippen molar-refractivity contribution >= 4 is 29.9 Å². The van der Waals surface area contributed by atoms with E-state index in [9.17, 15) is 4.39 Å². The lowest BCUT2D eigenvalue weighted by Crippen LogP contribution is -2.42. The van der Waals surface area contributed by atoms with Crippen LogP contribution in [0.4, 0.5) is 4.39 Å². The Bertz CT molecular complexity index is 543. The number of aliphatic imine (C=N–C) groups is 1. The minimum absolute atomic E-state index is 0. The van der Waals surface area contributed by atoms with Crippen molar-refractivity contribution in [2.45, 2.75) is 38.5 Å². The zero-order chi connectivity index (χ0) is 15.4. The van der Waals surface area contributed by atoms with Gasteiger partial charge in [0.15, 0.2) is 5.96 Å². The zero-order valence-corrected chi connectivity index (χ0v) is 16.2. The number of benzene rings is 1. The van der Waals surface area contributed by atoms with Gasteiger partial charge in [-0.1, -0.05) is 18.6 Å². The fourth-order valence-electron chi connectivity index (χ4n) is 3.72. The highest BCUT2D eigenvalue weighted by atomic mass is 127. The van der Waals surface area contributed by atoms with Crippen molar-refractivity contribution < 1.29 is 4.39 Å². The number of likely N-dealkylation sites (tertiary alicyclic amines) is 1. The van der Waals surface area contributed by atoms with E-state index in [-0.39, 0.29) is 29.8 Å². The van der Waals surface area contributed by atoms with Crippen molar-refractivity contribution in [1.29, 1.82) is 0 Å². The van der Waals surface area contributed by atoms with Gasteiger partial charge in [-0.05, 0) is 55.2 Å². The molecule has 3 nitrogen and oxygen atoms in total. The average Bonchev–Trinajstić information content (AvgIpc) is 2.93. The van der Waals surface area contributed by atoms with E-state index < -0.39 is 0 Å². The van der Waals surface area contributed by atoms with Crippen molar-refractivity contribution in [2.24, 2.45) is 10.4 Å². The maximum Gasteiger partial charge on any atom is 0.193 e. The first-order valence-corrected chi connectivity index (χ1v) is 8.41. The van der Waals surface area contributed by atoms with Gasteiger partial charge in [-0.2, -0.15) is 0 Å². The molecule has 1 spiro atoms. The van der Waals surface area contributed by atoms with Crippen LogP contribution in [0.3, 0.4) is 0 Å². The Morgan fingerprint density at radius 2 is 2.17 bits per heavy atom. The Morgan fingerprint density at radius 3 is 2.78 bits per heavy atom. The topological polar surface area (TPSA) is 27.6 Å². The highest BCUT2D eigenvalue weighted by Gasteiger charge is 2.43. The number of rotatable bonds is 4. The predicted molar refractivity (Wildman–Crippen MR) is 104 cm³/mol. The number of hydrogen-bond acceptors (Lipinski definition) is 1. The molecule has 0 radical (unpaired) electrons. The first-order chi connectivity index (χ1) is 10.7. The van der Waals surface area contributed by atoms with E-state index in [1.807, 2.05) is 13.1 Å². The molecule has 2 fully saturated rings. The van der Waals surface area contributed by atoms with Crippen molar-refractivity contribution in [3.63, 3.8) is 0 Å². The molecule has 1 aliphatic carbocycles. The summed E-state index contributed by atoms with van der Waals surface area (Å²) < 4.78 is 13.1. The highest BCUT2D eigenvalue weighted by molar-refractivity contribution is 14.0. The van der Waals surface area contributed by atoms with Gasteiger partial charge in [0.05, 0.1) is 0 Å². The Labute approximate surface area is 155 Å². The van der Waals surface area contributed by atoms with Gasteiger partial charge in [0.1, 0.15) is 5.82 Å².